The van der Waals surface area contributed by atoms with Crippen molar-refractivity contribution in [1.82, 2.24) is 15.1 Å². The third-order valence-corrected chi connectivity index (χ3v) is 3.17. The van der Waals surface area contributed by atoms with Crippen LogP contribution in [0.15, 0.2) is 30.6 Å². The molecule has 0 saturated carbocycles. The Hall–Kier alpha value is -1.75. The highest BCUT2D eigenvalue weighted by atomic mass is 19.1. The van der Waals surface area contributed by atoms with Crippen LogP contribution in [0.3, 0.4) is 0 Å². The minimum Gasteiger partial charge on any atom is -0.310 e. The molecule has 0 radical (unpaired) electrons. The van der Waals surface area contributed by atoms with Gasteiger partial charge < -0.3 is 5.32 Å². The minimum atomic E-state index is -0.420. The molecular formula is C15H19F2N3. The molecule has 0 aliphatic carbocycles. The molecule has 0 fully saturated rings. The Kier molecular flexibility index (Phi) is 4.84. The molecule has 0 spiro atoms. The Bertz CT molecular complexity index is 566. The predicted molar refractivity (Wildman–Crippen MR) is 74.3 cm³/mol. The summed E-state index contributed by atoms with van der Waals surface area (Å²) in [5.41, 5.74) is 1.35. The van der Waals surface area contributed by atoms with Crippen LogP contribution < -0.4 is 5.32 Å². The van der Waals surface area contributed by atoms with E-state index >= 15 is 0 Å². The van der Waals surface area contributed by atoms with Crippen molar-refractivity contribution in [3.8, 4) is 0 Å². The molecule has 1 atom stereocenters. The normalized spacial score (nSPS) is 12.6. The van der Waals surface area contributed by atoms with Gasteiger partial charge in [0.05, 0.1) is 6.20 Å². The summed E-state index contributed by atoms with van der Waals surface area (Å²) in [5, 5.41) is 7.37. The maximum Gasteiger partial charge on any atom is 0.128 e. The summed E-state index contributed by atoms with van der Waals surface area (Å²) in [7, 11) is 1.83. The molecule has 1 unspecified atom stereocenters. The first-order chi connectivity index (χ1) is 9.60. The zero-order valence-corrected chi connectivity index (χ0v) is 11.7. The van der Waals surface area contributed by atoms with Gasteiger partial charge in [-0.2, -0.15) is 5.10 Å². The third kappa shape index (κ3) is 3.63. The van der Waals surface area contributed by atoms with E-state index in [1.54, 1.807) is 10.9 Å². The molecule has 0 amide bonds. The summed E-state index contributed by atoms with van der Waals surface area (Å²) in [4.78, 5) is 0. The van der Waals surface area contributed by atoms with E-state index < -0.39 is 5.82 Å². The third-order valence-electron chi connectivity index (χ3n) is 3.17. The van der Waals surface area contributed by atoms with E-state index in [0.29, 0.717) is 12.0 Å². The Balaban J connectivity index is 2.24. The predicted octanol–water partition coefficient (Wildman–Crippen LogP) is 2.98. The number of aryl methyl sites for hydroxylation is 1. The molecule has 20 heavy (non-hydrogen) atoms. The maximum absolute atomic E-state index is 13.9. The lowest BCUT2D eigenvalue weighted by atomic mass is 10.00. The van der Waals surface area contributed by atoms with Crippen molar-refractivity contribution in [2.75, 3.05) is 6.54 Å². The van der Waals surface area contributed by atoms with Gasteiger partial charge in [0.15, 0.2) is 0 Å². The number of nitrogens with one attached hydrogen (secondary N) is 1. The molecule has 2 aromatic rings. The molecule has 0 aliphatic rings. The van der Waals surface area contributed by atoms with Gasteiger partial charge in [0.2, 0.25) is 0 Å². The van der Waals surface area contributed by atoms with Crippen molar-refractivity contribution in [3.05, 3.63) is 53.4 Å². The SMILES string of the molecule is CCCNC(Cc1cnn(C)c1)c1cc(F)ccc1F. The van der Waals surface area contributed by atoms with Gasteiger partial charge in [-0.05, 0) is 43.1 Å². The van der Waals surface area contributed by atoms with Crippen molar-refractivity contribution in [2.45, 2.75) is 25.8 Å². The van der Waals surface area contributed by atoms with Gasteiger partial charge in [-0.1, -0.05) is 6.92 Å². The molecule has 1 N–H and O–H groups in total. The number of rotatable bonds is 6. The van der Waals surface area contributed by atoms with Gasteiger partial charge in [-0.15, -0.1) is 0 Å². The fourth-order valence-electron chi connectivity index (χ4n) is 2.21. The lowest BCUT2D eigenvalue weighted by molar-refractivity contribution is 0.490. The van der Waals surface area contributed by atoms with Gasteiger partial charge in [-0.3, -0.25) is 4.68 Å². The highest BCUT2D eigenvalue weighted by molar-refractivity contribution is 5.24. The molecule has 5 heteroatoms. The van der Waals surface area contributed by atoms with Crippen molar-refractivity contribution in [2.24, 2.45) is 7.05 Å². The highest BCUT2D eigenvalue weighted by Gasteiger charge is 2.17. The molecule has 1 aromatic heterocycles. The number of halogens is 2. The maximum atomic E-state index is 13.9. The summed E-state index contributed by atoms with van der Waals surface area (Å²) in [6, 6.07) is 3.32. The van der Waals surface area contributed by atoms with Crippen LogP contribution in [-0.4, -0.2) is 16.3 Å². The first-order valence-corrected chi connectivity index (χ1v) is 6.76. The Morgan fingerprint density at radius 1 is 1.35 bits per heavy atom. The van der Waals surface area contributed by atoms with E-state index in [2.05, 4.69) is 10.4 Å². The van der Waals surface area contributed by atoms with Crippen LogP contribution >= 0.6 is 0 Å². The average Bonchev–Trinajstić information content (AvgIpc) is 2.83. The first kappa shape index (κ1) is 14.7. The first-order valence-electron chi connectivity index (χ1n) is 6.76. The van der Waals surface area contributed by atoms with Crippen LogP contribution in [0.1, 0.15) is 30.5 Å². The molecular weight excluding hydrogens is 260 g/mol. The quantitative estimate of drug-likeness (QED) is 0.881. The van der Waals surface area contributed by atoms with Crippen LogP contribution in [0.25, 0.3) is 0 Å². The van der Waals surface area contributed by atoms with E-state index in [0.717, 1.165) is 24.6 Å². The average molecular weight is 279 g/mol. The van der Waals surface area contributed by atoms with Crippen LogP contribution in [-0.2, 0) is 13.5 Å². The van der Waals surface area contributed by atoms with Crippen LogP contribution in [0.4, 0.5) is 8.78 Å². The molecule has 0 aliphatic heterocycles. The topological polar surface area (TPSA) is 29.9 Å². The standard InChI is InChI=1S/C15H19F2N3/c1-3-6-18-15(7-11-9-19-20(2)10-11)13-8-12(16)4-5-14(13)17/h4-5,8-10,15,18H,3,6-7H2,1-2H3. The van der Waals surface area contributed by atoms with E-state index in [9.17, 15) is 8.78 Å². The van der Waals surface area contributed by atoms with Gasteiger partial charge in [0.1, 0.15) is 11.6 Å². The minimum absolute atomic E-state index is 0.255. The monoisotopic (exact) mass is 279 g/mol. The molecule has 108 valence electrons. The second-order valence-corrected chi connectivity index (χ2v) is 4.90. The summed E-state index contributed by atoms with van der Waals surface area (Å²) in [6.45, 7) is 2.79. The molecule has 0 saturated heterocycles. The van der Waals surface area contributed by atoms with Crippen molar-refractivity contribution >= 4 is 0 Å². The summed E-state index contributed by atoms with van der Waals surface area (Å²) >= 11 is 0. The van der Waals surface area contributed by atoms with Crippen LogP contribution in [0.5, 0.6) is 0 Å². The van der Waals surface area contributed by atoms with Gasteiger partial charge >= 0.3 is 0 Å². The lowest BCUT2D eigenvalue weighted by Crippen LogP contribution is -2.25. The number of hydrogen-bond acceptors (Lipinski definition) is 2. The van der Waals surface area contributed by atoms with Gasteiger partial charge in [-0.25, -0.2) is 8.78 Å². The smallest absolute Gasteiger partial charge is 0.128 e. The molecule has 1 aromatic carbocycles. The van der Waals surface area contributed by atoms with Crippen LogP contribution in [0.2, 0.25) is 0 Å². The van der Waals surface area contributed by atoms with E-state index in [1.807, 2.05) is 20.2 Å². The Morgan fingerprint density at radius 3 is 2.80 bits per heavy atom. The second kappa shape index (κ2) is 6.61. The van der Waals surface area contributed by atoms with E-state index in [4.69, 9.17) is 0 Å². The number of nitrogens with zero attached hydrogens (tertiary/aromatic N) is 2. The Morgan fingerprint density at radius 2 is 2.15 bits per heavy atom. The second-order valence-electron chi connectivity index (χ2n) is 4.90. The van der Waals surface area contributed by atoms with Crippen LogP contribution in [0, 0.1) is 11.6 Å². The van der Waals surface area contributed by atoms with Gasteiger partial charge in [0.25, 0.3) is 0 Å². The number of aromatic nitrogens is 2. The van der Waals surface area contributed by atoms with Crippen molar-refractivity contribution in [1.29, 1.82) is 0 Å². The largest absolute Gasteiger partial charge is 0.310 e. The summed E-state index contributed by atoms with van der Waals surface area (Å²) in [6.07, 6.45) is 5.14. The van der Waals surface area contributed by atoms with Gasteiger partial charge in [0, 0.05) is 24.8 Å². The molecule has 1 heterocycles. The fourth-order valence-corrected chi connectivity index (χ4v) is 2.21. The number of hydrogen-bond donors (Lipinski definition) is 1. The molecule has 3 nitrogen and oxygen atoms in total. The van der Waals surface area contributed by atoms with Crippen molar-refractivity contribution in [3.63, 3.8) is 0 Å². The van der Waals surface area contributed by atoms with E-state index in [-0.39, 0.29) is 11.9 Å². The fraction of sp³-hybridized carbons (Fsp3) is 0.400. The summed E-state index contributed by atoms with van der Waals surface area (Å²) in [5.74, 6) is -0.806. The summed E-state index contributed by atoms with van der Waals surface area (Å²) < 4.78 is 29.0. The Labute approximate surface area is 117 Å². The van der Waals surface area contributed by atoms with E-state index in [1.165, 1.54) is 12.1 Å². The lowest BCUT2D eigenvalue weighted by Gasteiger charge is -2.19. The molecule has 0 bridgehead atoms. The molecule has 2 rings (SSSR count). The zero-order chi connectivity index (χ0) is 14.5. The number of benzene rings is 1. The van der Waals surface area contributed by atoms with Crippen molar-refractivity contribution < 1.29 is 8.78 Å². The highest BCUT2D eigenvalue weighted by Crippen LogP contribution is 2.22. The zero-order valence-electron chi connectivity index (χ0n) is 11.7.